The molecule has 4 aromatic heterocycles. The van der Waals surface area contributed by atoms with Gasteiger partial charge >= 0.3 is 0 Å². The lowest BCUT2D eigenvalue weighted by molar-refractivity contribution is 1.07. The molecule has 0 bridgehead atoms. The molecule has 0 unspecified atom stereocenters. The van der Waals surface area contributed by atoms with Crippen molar-refractivity contribution >= 4 is 55.0 Å². The molecule has 0 atom stereocenters. The number of rotatable bonds is 12. The van der Waals surface area contributed by atoms with E-state index in [1.807, 2.05) is 133 Å². The summed E-state index contributed by atoms with van der Waals surface area (Å²) in [4.78, 5) is 38.4. The maximum atomic E-state index is 10.4. The SMILES string of the molecule is [C-]#[N+]c1ccc(-c2ccc3c(c2)c2ccccc2n3-c2ccc(-c3nc(-c4ccccc4)nc(-c4ccccc4)n3)cc2-c2cccc(-c3cc(-c4nc(-c5ccccc5)nc(-c5ccccc5)n4)ccc3-n3c4ccccc4c4cc(-c5ccc([N+]#[C-])cc5C#N)ccc43)c2)c(C#N)c1. The fraction of sp³-hybridized carbons (Fsp3) is 0. The zero-order chi connectivity index (χ0) is 67.2. The summed E-state index contributed by atoms with van der Waals surface area (Å²) in [6.07, 6.45) is 0. The van der Waals surface area contributed by atoms with Gasteiger partial charge in [0.25, 0.3) is 0 Å². The summed E-state index contributed by atoms with van der Waals surface area (Å²) >= 11 is 0. The summed E-state index contributed by atoms with van der Waals surface area (Å²) < 4.78 is 4.64. The van der Waals surface area contributed by atoms with Crippen molar-refractivity contribution in [3.63, 3.8) is 0 Å². The third-order valence-corrected chi connectivity index (χ3v) is 18.3. The Morgan fingerprint density at radius 3 is 0.920 bits per heavy atom. The summed E-state index contributed by atoms with van der Waals surface area (Å²) in [6, 6.07) is 106. The molecule has 17 rings (SSSR count). The monoisotopic (exact) mass is 1270 g/mol. The van der Waals surface area contributed by atoms with Crippen LogP contribution >= 0.6 is 0 Å². The standard InChI is InChI=1S/C88H50N12/c1-91-67-38-40-69(65(47-67)53-89)61-34-42-81-75(49-61)71-30-15-17-32-77(71)99(81)79-44-36-63(87-95-83(55-20-7-3-8-21-55)93-84(96-87)56-22-9-4-10-23-56)51-73(79)59-28-19-29-60(46-59)74-52-64(88-97-85(57-24-11-5-12-25-57)94-86(98-88)58-26-13-6-14-27-58)37-45-80(74)100-78-33-18-16-31-72(78)76-50-62(35-43-82(76)100)70-41-39-68(92-2)48-66(70)54-90/h3-52H. The van der Waals surface area contributed by atoms with E-state index in [9.17, 15) is 10.5 Å². The van der Waals surface area contributed by atoms with E-state index in [2.05, 4.69) is 177 Å². The van der Waals surface area contributed by atoms with Crippen molar-refractivity contribution in [3.05, 3.63) is 337 Å². The summed E-state index contributed by atoms with van der Waals surface area (Å²) in [5.41, 5.74) is 19.0. The molecule has 0 aliphatic rings. The quantitative estimate of drug-likeness (QED) is 0.110. The van der Waals surface area contributed by atoms with Crippen LogP contribution in [0.4, 0.5) is 11.4 Å². The minimum Gasteiger partial charge on any atom is -0.309 e. The summed E-state index contributed by atoms with van der Waals surface area (Å²) in [7, 11) is 0. The van der Waals surface area contributed by atoms with Crippen molar-refractivity contribution in [3.8, 4) is 136 Å². The second kappa shape index (κ2) is 25.0. The molecule has 13 aromatic carbocycles. The Hall–Kier alpha value is -14.6. The summed E-state index contributed by atoms with van der Waals surface area (Å²) in [5.74, 6) is 3.16. The van der Waals surface area contributed by atoms with Gasteiger partial charge in [0.05, 0.1) is 58.7 Å². The molecule has 17 aromatic rings. The van der Waals surface area contributed by atoms with E-state index >= 15 is 0 Å². The first-order chi connectivity index (χ1) is 49.4. The maximum Gasteiger partial charge on any atom is 0.188 e. The molecular weight excluding hydrogens is 1230 g/mol. The van der Waals surface area contributed by atoms with E-state index in [1.165, 1.54) is 0 Å². The Labute approximate surface area is 574 Å². The molecule has 12 nitrogen and oxygen atoms in total. The lowest BCUT2D eigenvalue weighted by Gasteiger charge is -2.19. The molecule has 0 aliphatic carbocycles. The number of nitriles is 2. The maximum absolute atomic E-state index is 10.4. The molecule has 100 heavy (non-hydrogen) atoms. The number of para-hydroxylation sites is 2. The van der Waals surface area contributed by atoms with Crippen molar-refractivity contribution in [1.82, 2.24) is 39.0 Å². The van der Waals surface area contributed by atoms with Crippen molar-refractivity contribution in [2.75, 3.05) is 0 Å². The molecule has 0 amide bonds. The lowest BCUT2D eigenvalue weighted by Crippen LogP contribution is -2.02. The number of benzene rings is 13. The fourth-order valence-electron chi connectivity index (χ4n) is 13.6. The number of nitrogens with zero attached hydrogens (tertiary/aromatic N) is 12. The van der Waals surface area contributed by atoms with Gasteiger partial charge in [0.2, 0.25) is 0 Å². The van der Waals surface area contributed by atoms with Gasteiger partial charge in [-0.3, -0.25) is 0 Å². The molecule has 0 N–H and O–H groups in total. The Balaban J connectivity index is 0.918. The van der Waals surface area contributed by atoms with Gasteiger partial charge in [0.1, 0.15) is 0 Å². The Kier molecular flexibility index (Phi) is 14.8. The van der Waals surface area contributed by atoms with Crippen LogP contribution in [0.2, 0.25) is 0 Å². The van der Waals surface area contributed by atoms with Crippen molar-refractivity contribution in [2.24, 2.45) is 0 Å². The van der Waals surface area contributed by atoms with Crippen LogP contribution in [0.5, 0.6) is 0 Å². The number of hydrogen-bond acceptors (Lipinski definition) is 8. The number of aromatic nitrogens is 8. The predicted octanol–water partition coefficient (Wildman–Crippen LogP) is 21.8. The summed E-state index contributed by atoms with van der Waals surface area (Å²) in [6.45, 7) is 15.4. The molecule has 0 fully saturated rings. The minimum absolute atomic E-state index is 0.406. The Bertz CT molecular complexity index is 5830. The minimum atomic E-state index is 0.406. The molecule has 4 heterocycles. The first-order valence-corrected chi connectivity index (χ1v) is 32.4. The van der Waals surface area contributed by atoms with E-state index in [1.54, 1.807) is 24.3 Å². The first-order valence-electron chi connectivity index (χ1n) is 32.4. The van der Waals surface area contributed by atoms with Crippen LogP contribution in [0.15, 0.2) is 303 Å². The zero-order valence-corrected chi connectivity index (χ0v) is 53.2. The van der Waals surface area contributed by atoms with Crippen LogP contribution in [0.3, 0.4) is 0 Å². The molecular formula is C88H50N12. The molecule has 0 aliphatic heterocycles. The number of hydrogen-bond donors (Lipinski definition) is 0. The van der Waals surface area contributed by atoms with E-state index in [-0.39, 0.29) is 0 Å². The van der Waals surface area contributed by atoms with Gasteiger partial charge in [-0.15, -0.1) is 0 Å². The highest BCUT2D eigenvalue weighted by molar-refractivity contribution is 6.13. The molecule has 0 spiro atoms. The first kappa shape index (κ1) is 59.2. The third-order valence-electron chi connectivity index (χ3n) is 18.3. The van der Waals surface area contributed by atoms with E-state index in [0.29, 0.717) is 57.4 Å². The van der Waals surface area contributed by atoms with E-state index < -0.39 is 0 Å². The summed E-state index contributed by atoms with van der Waals surface area (Å²) in [5, 5.41) is 24.8. The molecule has 0 saturated carbocycles. The molecule has 462 valence electrons. The zero-order valence-electron chi connectivity index (χ0n) is 53.2. The molecule has 0 saturated heterocycles. The van der Waals surface area contributed by atoms with Crippen molar-refractivity contribution < 1.29 is 0 Å². The topological polar surface area (TPSA) is 144 Å². The Morgan fingerprint density at radius 2 is 0.560 bits per heavy atom. The van der Waals surface area contributed by atoms with Gasteiger partial charge in [-0.05, 0) is 124 Å². The van der Waals surface area contributed by atoms with Gasteiger partial charge in [-0.1, -0.05) is 212 Å². The molecule has 12 heteroatoms. The van der Waals surface area contributed by atoms with E-state index in [4.69, 9.17) is 43.0 Å². The highest BCUT2D eigenvalue weighted by Gasteiger charge is 2.24. The predicted molar refractivity (Wildman–Crippen MR) is 398 cm³/mol. The highest BCUT2D eigenvalue weighted by Crippen LogP contribution is 2.45. The van der Waals surface area contributed by atoms with Gasteiger partial charge < -0.3 is 9.13 Å². The average Bonchev–Trinajstić information content (AvgIpc) is 1.57. The van der Waals surface area contributed by atoms with Gasteiger partial charge in [-0.25, -0.2) is 39.6 Å². The van der Waals surface area contributed by atoms with Crippen LogP contribution in [-0.4, -0.2) is 39.0 Å². The Morgan fingerprint density at radius 1 is 0.250 bits per heavy atom. The third kappa shape index (κ3) is 10.6. The molecule has 0 radical (unpaired) electrons. The second-order valence-electron chi connectivity index (χ2n) is 24.2. The average molecular weight is 1280 g/mol. The van der Waals surface area contributed by atoms with Crippen LogP contribution in [0, 0.1) is 35.8 Å². The second-order valence-corrected chi connectivity index (χ2v) is 24.2. The van der Waals surface area contributed by atoms with Crippen molar-refractivity contribution in [2.45, 2.75) is 0 Å². The van der Waals surface area contributed by atoms with Gasteiger partial charge in [0.15, 0.2) is 46.3 Å². The van der Waals surface area contributed by atoms with Gasteiger partial charge in [0, 0.05) is 77.2 Å². The smallest absolute Gasteiger partial charge is 0.188 e. The van der Waals surface area contributed by atoms with Crippen LogP contribution < -0.4 is 0 Å². The number of fused-ring (bicyclic) bond motifs is 6. The largest absolute Gasteiger partial charge is 0.309 e. The van der Waals surface area contributed by atoms with Crippen LogP contribution in [0.25, 0.3) is 178 Å². The highest BCUT2D eigenvalue weighted by atomic mass is 15.1. The fourth-order valence-corrected chi connectivity index (χ4v) is 13.6. The van der Waals surface area contributed by atoms with Crippen LogP contribution in [-0.2, 0) is 0 Å². The van der Waals surface area contributed by atoms with Crippen molar-refractivity contribution in [1.29, 1.82) is 10.5 Å². The normalized spacial score (nSPS) is 11.2. The van der Waals surface area contributed by atoms with E-state index in [0.717, 1.165) is 133 Å². The van der Waals surface area contributed by atoms with Gasteiger partial charge in [-0.2, -0.15) is 10.5 Å². The lowest BCUT2D eigenvalue weighted by atomic mass is 9.94. The van der Waals surface area contributed by atoms with Crippen LogP contribution in [0.1, 0.15) is 11.1 Å².